The third-order valence-electron chi connectivity index (χ3n) is 3.48. The molecule has 0 saturated heterocycles. The van der Waals surface area contributed by atoms with Gasteiger partial charge in [-0.05, 0) is 13.3 Å². The number of nitrogens with zero attached hydrogens (tertiary/aromatic N) is 4. The van der Waals surface area contributed by atoms with E-state index < -0.39 is 0 Å². The van der Waals surface area contributed by atoms with Crippen molar-refractivity contribution < 1.29 is 4.79 Å². The molecule has 2 aromatic rings. The molecule has 0 fully saturated rings. The predicted octanol–water partition coefficient (Wildman–Crippen LogP) is 0.873. The molecule has 6 nitrogen and oxygen atoms in total. The van der Waals surface area contributed by atoms with Gasteiger partial charge < -0.3 is 10.3 Å². The number of rotatable bonds is 1. The van der Waals surface area contributed by atoms with Crippen LogP contribution in [0, 0.1) is 12.8 Å². The molecule has 2 N–H and O–H groups in total. The van der Waals surface area contributed by atoms with E-state index in [0.29, 0.717) is 11.4 Å². The number of aromatic nitrogens is 4. The number of imidazole rings is 1. The van der Waals surface area contributed by atoms with Crippen LogP contribution in [0.15, 0.2) is 18.7 Å². The van der Waals surface area contributed by atoms with Gasteiger partial charge in [0.15, 0.2) is 0 Å². The van der Waals surface area contributed by atoms with Crippen molar-refractivity contribution in [3.05, 3.63) is 30.1 Å². The van der Waals surface area contributed by atoms with Gasteiger partial charge in [-0.1, -0.05) is 0 Å². The summed E-state index contributed by atoms with van der Waals surface area (Å²) in [5.41, 5.74) is 8.08. The zero-order chi connectivity index (χ0) is 12.7. The number of anilines is 1. The van der Waals surface area contributed by atoms with E-state index in [1.165, 1.54) is 4.68 Å². The molecule has 94 valence electrons. The van der Waals surface area contributed by atoms with Crippen molar-refractivity contribution >= 4 is 11.6 Å². The van der Waals surface area contributed by atoms with E-state index in [0.717, 1.165) is 25.1 Å². The summed E-state index contributed by atoms with van der Waals surface area (Å²) >= 11 is 0. The molecular weight excluding hydrogens is 230 g/mol. The van der Waals surface area contributed by atoms with Gasteiger partial charge in [-0.3, -0.25) is 4.79 Å². The first-order chi connectivity index (χ1) is 8.65. The first kappa shape index (κ1) is 11.0. The second kappa shape index (κ2) is 3.97. The van der Waals surface area contributed by atoms with Crippen molar-refractivity contribution in [1.29, 1.82) is 0 Å². The molecule has 1 unspecified atom stereocenters. The van der Waals surface area contributed by atoms with Crippen LogP contribution in [0.5, 0.6) is 0 Å². The van der Waals surface area contributed by atoms with Crippen LogP contribution < -0.4 is 5.73 Å². The molecule has 1 aliphatic heterocycles. The number of aryl methyl sites for hydroxylation is 2. The summed E-state index contributed by atoms with van der Waals surface area (Å²) < 4.78 is 3.47. The highest BCUT2D eigenvalue weighted by Gasteiger charge is 2.26. The quantitative estimate of drug-likeness (QED) is 0.808. The van der Waals surface area contributed by atoms with Crippen LogP contribution in [-0.4, -0.2) is 25.2 Å². The molecule has 0 amide bonds. The lowest BCUT2D eigenvalue weighted by Gasteiger charge is -2.22. The zero-order valence-corrected chi connectivity index (χ0v) is 10.2. The van der Waals surface area contributed by atoms with E-state index in [2.05, 4.69) is 14.6 Å². The molecule has 3 heterocycles. The van der Waals surface area contributed by atoms with Crippen molar-refractivity contribution in [2.24, 2.45) is 5.92 Å². The topological polar surface area (TPSA) is 78.7 Å². The highest BCUT2D eigenvalue weighted by molar-refractivity contribution is 5.81. The Balaban J connectivity index is 1.82. The summed E-state index contributed by atoms with van der Waals surface area (Å²) in [6, 6.07) is 0. The van der Waals surface area contributed by atoms with Crippen molar-refractivity contribution in [2.75, 3.05) is 5.73 Å². The molecule has 1 aliphatic rings. The molecule has 3 rings (SSSR count). The smallest absolute Gasteiger partial charge is 0.250 e. The van der Waals surface area contributed by atoms with Gasteiger partial charge in [0.25, 0.3) is 0 Å². The van der Waals surface area contributed by atoms with E-state index >= 15 is 0 Å². The van der Waals surface area contributed by atoms with Gasteiger partial charge in [-0.2, -0.15) is 5.10 Å². The average Bonchev–Trinajstić information content (AvgIpc) is 2.95. The normalized spacial score (nSPS) is 18.6. The molecule has 0 radical (unpaired) electrons. The molecule has 18 heavy (non-hydrogen) atoms. The fourth-order valence-electron chi connectivity index (χ4n) is 2.35. The fraction of sp³-hybridized carbons (Fsp3) is 0.417. The Kier molecular flexibility index (Phi) is 2.43. The van der Waals surface area contributed by atoms with Gasteiger partial charge in [0, 0.05) is 30.8 Å². The van der Waals surface area contributed by atoms with Gasteiger partial charge in [0.1, 0.15) is 0 Å². The number of nitrogen functional groups attached to an aromatic ring is 1. The Hall–Kier alpha value is -2.11. The van der Waals surface area contributed by atoms with Gasteiger partial charge >= 0.3 is 0 Å². The standard InChI is InChI=1S/C12H15N5O/c1-8-11(13)6-17(15-8)12(18)9-2-3-16-7-14-5-10(16)4-9/h5-7,9H,2-4,13H2,1H3. The van der Waals surface area contributed by atoms with Crippen molar-refractivity contribution in [3.8, 4) is 0 Å². The van der Waals surface area contributed by atoms with Crippen LogP contribution in [0.2, 0.25) is 0 Å². The largest absolute Gasteiger partial charge is 0.396 e. The molecular formula is C12H15N5O. The van der Waals surface area contributed by atoms with Crippen molar-refractivity contribution in [2.45, 2.75) is 26.3 Å². The van der Waals surface area contributed by atoms with Gasteiger partial charge in [0.05, 0.1) is 23.9 Å². The minimum Gasteiger partial charge on any atom is -0.396 e. The molecule has 1 atom stereocenters. The number of carbonyl (C=O) groups excluding carboxylic acids is 1. The van der Waals surface area contributed by atoms with E-state index in [4.69, 9.17) is 5.73 Å². The maximum atomic E-state index is 12.3. The predicted molar refractivity (Wildman–Crippen MR) is 66.0 cm³/mol. The molecule has 0 aromatic carbocycles. The Morgan fingerprint density at radius 2 is 2.39 bits per heavy atom. The van der Waals surface area contributed by atoms with E-state index in [9.17, 15) is 4.79 Å². The van der Waals surface area contributed by atoms with E-state index in [1.54, 1.807) is 13.1 Å². The van der Waals surface area contributed by atoms with Crippen molar-refractivity contribution in [1.82, 2.24) is 19.3 Å². The Morgan fingerprint density at radius 3 is 3.11 bits per heavy atom. The zero-order valence-electron chi connectivity index (χ0n) is 10.2. The first-order valence-corrected chi connectivity index (χ1v) is 6.00. The van der Waals surface area contributed by atoms with Crippen LogP contribution in [0.25, 0.3) is 0 Å². The minimum absolute atomic E-state index is 0.0160. The summed E-state index contributed by atoms with van der Waals surface area (Å²) in [7, 11) is 0. The van der Waals surface area contributed by atoms with Crippen LogP contribution in [0.3, 0.4) is 0 Å². The summed E-state index contributed by atoms with van der Waals surface area (Å²) in [4.78, 5) is 16.4. The Morgan fingerprint density at radius 1 is 1.56 bits per heavy atom. The molecule has 0 saturated carbocycles. The molecule has 6 heteroatoms. The third-order valence-corrected chi connectivity index (χ3v) is 3.48. The number of nitrogens with two attached hydrogens (primary N) is 1. The second-order valence-electron chi connectivity index (χ2n) is 4.72. The fourth-order valence-corrected chi connectivity index (χ4v) is 2.35. The van der Waals surface area contributed by atoms with E-state index in [1.807, 2.05) is 12.5 Å². The van der Waals surface area contributed by atoms with Gasteiger partial charge in [-0.25, -0.2) is 9.67 Å². The molecule has 0 bridgehead atoms. The molecule has 2 aromatic heterocycles. The molecule has 0 aliphatic carbocycles. The van der Waals surface area contributed by atoms with Crippen LogP contribution >= 0.6 is 0 Å². The monoisotopic (exact) mass is 245 g/mol. The summed E-state index contributed by atoms with van der Waals surface area (Å²) in [5.74, 6) is -0.0184. The van der Waals surface area contributed by atoms with Gasteiger partial charge in [0.2, 0.25) is 5.91 Å². The Bertz CT molecular complexity index is 578. The average molecular weight is 245 g/mol. The number of hydrogen-bond donors (Lipinski definition) is 1. The lowest BCUT2D eigenvalue weighted by Crippen LogP contribution is -2.29. The number of fused-ring (bicyclic) bond motifs is 1. The Labute approximate surface area is 104 Å². The second-order valence-corrected chi connectivity index (χ2v) is 4.72. The number of hydrogen-bond acceptors (Lipinski definition) is 4. The third kappa shape index (κ3) is 1.70. The SMILES string of the molecule is Cc1nn(C(=O)C2CCn3cncc3C2)cc1N. The highest BCUT2D eigenvalue weighted by atomic mass is 16.2. The number of carbonyl (C=O) groups is 1. The van der Waals surface area contributed by atoms with E-state index in [-0.39, 0.29) is 11.8 Å². The van der Waals surface area contributed by atoms with Gasteiger partial charge in [-0.15, -0.1) is 0 Å². The maximum absolute atomic E-state index is 12.3. The van der Waals surface area contributed by atoms with Crippen LogP contribution in [0.4, 0.5) is 5.69 Å². The summed E-state index contributed by atoms with van der Waals surface area (Å²) in [5, 5.41) is 4.15. The summed E-state index contributed by atoms with van der Waals surface area (Å²) in [6.45, 7) is 2.64. The maximum Gasteiger partial charge on any atom is 0.250 e. The summed E-state index contributed by atoms with van der Waals surface area (Å²) in [6.07, 6.45) is 6.77. The van der Waals surface area contributed by atoms with Crippen LogP contribution in [0.1, 0.15) is 22.6 Å². The minimum atomic E-state index is -0.0344. The lowest BCUT2D eigenvalue weighted by atomic mass is 9.95. The first-order valence-electron chi connectivity index (χ1n) is 6.00. The van der Waals surface area contributed by atoms with Crippen LogP contribution in [-0.2, 0) is 13.0 Å². The lowest BCUT2D eigenvalue weighted by molar-refractivity contribution is 0.0794. The molecule has 0 spiro atoms. The van der Waals surface area contributed by atoms with Crippen molar-refractivity contribution in [3.63, 3.8) is 0 Å². The highest BCUT2D eigenvalue weighted by Crippen LogP contribution is 2.22.